The summed E-state index contributed by atoms with van der Waals surface area (Å²) in [6, 6.07) is 68.2. The Hall–Kier alpha value is -10.4. The molecule has 0 fully saturated rings. The zero-order chi connectivity index (χ0) is 62.6. The van der Waals surface area contributed by atoms with Gasteiger partial charge in [-0.25, -0.2) is 15.0 Å². The van der Waals surface area contributed by atoms with Crippen LogP contribution in [0.3, 0.4) is 0 Å². The first-order chi connectivity index (χ1) is 43.9. The van der Waals surface area contributed by atoms with Crippen molar-refractivity contribution >= 4 is 135 Å². The van der Waals surface area contributed by atoms with E-state index >= 15 is 0 Å². The zero-order valence-electron chi connectivity index (χ0n) is 46.8. The van der Waals surface area contributed by atoms with Gasteiger partial charge in [0, 0.05) is 48.2 Å². The number of para-hydroxylation sites is 2. The molecule has 16 rings (SSSR count). The highest BCUT2D eigenvalue weighted by molar-refractivity contribution is 7.16. The summed E-state index contributed by atoms with van der Waals surface area (Å²) in [6.45, 7) is 0. The first kappa shape index (κ1) is 67.7. The summed E-state index contributed by atoms with van der Waals surface area (Å²) >= 11 is 16.3. The van der Waals surface area contributed by atoms with Gasteiger partial charge in [-0.15, -0.1) is 55.5 Å². The number of benzene rings is 5. The molecule has 0 saturated carbocycles. The SMILES string of the molecule is Clc1cccs1.Cn1cnc(C#N)c1C#N.N#Cc1ccc2ocnc2c1.N#Cc1cccs1.c1ccc(-c2nncs2)cc1.c1ccc2ncccc2c1.c1ccc2nsnc2c1.c1ccc2scnc2c1.c1ccncc1.c1ccsc1.c1cscn1. The molecule has 438 valence electrons. The lowest BCUT2D eigenvalue weighted by molar-refractivity contribution is 0.602. The molecule has 11 heterocycles. The smallest absolute Gasteiger partial charge is 0.181 e. The molecule has 0 aliphatic rings. The highest BCUT2D eigenvalue weighted by Crippen LogP contribution is 2.20. The number of hydrogen-bond donors (Lipinski definition) is 0. The van der Waals surface area contributed by atoms with Crippen LogP contribution in [0, 0.1) is 45.3 Å². The molecule has 89 heavy (non-hydrogen) atoms. The van der Waals surface area contributed by atoms with Crippen LogP contribution in [0.1, 0.15) is 21.8 Å². The molecule has 0 amide bonds. The number of nitriles is 4. The Labute approximate surface area is 546 Å². The molecular formula is C65H48ClN15OS7. The second kappa shape index (κ2) is 41.6. The second-order valence-electron chi connectivity index (χ2n) is 16.3. The highest BCUT2D eigenvalue weighted by Gasteiger charge is 2.05. The fourth-order valence-electron chi connectivity index (χ4n) is 6.31. The minimum atomic E-state index is 0.185. The highest BCUT2D eigenvalue weighted by atomic mass is 35.5. The van der Waals surface area contributed by atoms with E-state index in [9.17, 15) is 0 Å². The number of rotatable bonds is 1. The van der Waals surface area contributed by atoms with E-state index in [-0.39, 0.29) is 5.69 Å². The third kappa shape index (κ3) is 26.0. The second-order valence-corrected chi connectivity index (χ2v) is 22.6. The lowest BCUT2D eigenvalue weighted by Crippen LogP contribution is -1.89. The molecule has 5 aromatic carbocycles. The van der Waals surface area contributed by atoms with Crippen LogP contribution in [0.5, 0.6) is 0 Å². The van der Waals surface area contributed by atoms with E-state index in [4.69, 9.17) is 37.1 Å². The van der Waals surface area contributed by atoms with Crippen molar-refractivity contribution in [2.45, 2.75) is 0 Å². The number of aromatic nitrogens is 11. The summed E-state index contributed by atoms with van der Waals surface area (Å²) in [5.74, 6) is 0. The standard InChI is InChI=1S/C9H7N.C8H4N2O.C8H6N2S.C7H5NS.C6H4N4.C6H4N2S.C5H3NS.C5H5N.C4H3ClS.C4H4S.C3H3NS/c1-2-6-9-8(4-1)5-3-7-10-9;9-4-6-1-2-8-7(3-6)10-5-11-8;1-2-4-7(5-3-1)8-10-9-6-11-8;1-2-4-7-6(3-1)8-5-9-7;1-10-4-9-5(2-7)6(10)3-8;1-2-4-6-5(3-1)7-9-8-6;6-4-5-2-1-3-7-5;1-2-4-6-5-3-1;5-4-2-1-3-6-4;1-2-4-5-3-1;1-2-5-3-4-1/h1-7H;1-3,5H;1-6H;1-5H;4H,1H3;1-4H;1-3H;1-5H;1-3H;1-4H;1-3H. The van der Waals surface area contributed by atoms with Gasteiger partial charge in [-0.3, -0.25) is 15.0 Å². The predicted molar refractivity (Wildman–Crippen MR) is 365 cm³/mol. The Bertz CT molecular complexity index is 4270. The van der Waals surface area contributed by atoms with Crippen LogP contribution in [-0.4, -0.2) is 53.4 Å². The first-order valence-electron chi connectivity index (χ1n) is 25.8. The molecule has 0 bridgehead atoms. The van der Waals surface area contributed by atoms with Crippen molar-refractivity contribution in [3.05, 3.63) is 295 Å². The van der Waals surface area contributed by atoms with E-state index in [2.05, 4.69) is 67.0 Å². The van der Waals surface area contributed by atoms with Crippen molar-refractivity contribution in [3.8, 4) is 34.8 Å². The van der Waals surface area contributed by atoms with E-state index < -0.39 is 0 Å². The number of thiophene rings is 3. The van der Waals surface area contributed by atoms with Crippen molar-refractivity contribution in [1.82, 2.24) is 53.4 Å². The minimum Gasteiger partial charge on any atom is -0.443 e. The van der Waals surface area contributed by atoms with Crippen molar-refractivity contribution in [2.75, 3.05) is 0 Å². The van der Waals surface area contributed by atoms with Crippen LogP contribution in [0.15, 0.2) is 273 Å². The van der Waals surface area contributed by atoms with E-state index in [0.29, 0.717) is 16.8 Å². The number of hydrogen-bond acceptors (Lipinski definition) is 22. The van der Waals surface area contributed by atoms with Gasteiger partial charge in [-0.2, -0.15) is 41.1 Å². The minimum absolute atomic E-state index is 0.185. The molecule has 0 atom stereocenters. The normalized spacial score (nSPS) is 9.19. The van der Waals surface area contributed by atoms with Gasteiger partial charge in [0.25, 0.3) is 0 Å². The molecular weight excluding hydrogens is 1270 g/mol. The molecule has 0 unspecified atom stereocenters. The maximum atomic E-state index is 8.53. The van der Waals surface area contributed by atoms with E-state index in [1.165, 1.54) is 50.4 Å². The summed E-state index contributed by atoms with van der Waals surface area (Å²) in [4.78, 5) is 24.2. The van der Waals surface area contributed by atoms with E-state index in [1.54, 1.807) is 118 Å². The summed E-state index contributed by atoms with van der Waals surface area (Å²) in [6.07, 6.45) is 9.88. The van der Waals surface area contributed by atoms with Crippen LogP contribution < -0.4 is 0 Å². The van der Waals surface area contributed by atoms with Crippen LogP contribution in [-0.2, 0) is 7.05 Å². The van der Waals surface area contributed by atoms with Gasteiger partial charge in [0.1, 0.15) is 50.2 Å². The molecule has 0 N–H and O–H groups in total. The Balaban J connectivity index is 0.000000157. The Morgan fingerprint density at radius 1 is 0.483 bits per heavy atom. The fraction of sp³-hybridized carbons (Fsp3) is 0.0154. The van der Waals surface area contributed by atoms with Crippen LogP contribution >= 0.6 is 91.3 Å². The quantitative estimate of drug-likeness (QED) is 0.148. The molecule has 16 aromatic rings. The maximum Gasteiger partial charge on any atom is 0.181 e. The number of oxazole rings is 1. The Morgan fingerprint density at radius 3 is 1.70 bits per heavy atom. The van der Waals surface area contributed by atoms with E-state index in [1.807, 2.05) is 208 Å². The van der Waals surface area contributed by atoms with Crippen LogP contribution in [0.25, 0.3) is 53.8 Å². The lowest BCUT2D eigenvalue weighted by atomic mass is 10.2. The molecule has 0 aliphatic carbocycles. The fourth-order valence-corrected chi connectivity index (χ4v) is 10.1. The molecule has 0 aliphatic heterocycles. The predicted octanol–water partition coefficient (Wildman–Crippen LogP) is 18.3. The molecule has 0 spiro atoms. The molecule has 0 saturated heterocycles. The van der Waals surface area contributed by atoms with Gasteiger partial charge in [0.15, 0.2) is 23.4 Å². The number of nitrogens with zero attached hydrogens (tertiary/aromatic N) is 15. The van der Waals surface area contributed by atoms with Gasteiger partial charge < -0.3 is 8.98 Å². The van der Waals surface area contributed by atoms with Gasteiger partial charge in [-0.1, -0.05) is 126 Å². The number of pyridine rings is 2. The van der Waals surface area contributed by atoms with Gasteiger partial charge in [-0.05, 0) is 106 Å². The number of fused-ring (bicyclic) bond motifs is 4. The maximum absolute atomic E-state index is 8.53. The van der Waals surface area contributed by atoms with Crippen LogP contribution in [0.2, 0.25) is 4.34 Å². The summed E-state index contributed by atoms with van der Waals surface area (Å²) in [5, 5.41) is 53.3. The van der Waals surface area contributed by atoms with Crippen molar-refractivity contribution in [1.29, 1.82) is 21.0 Å². The van der Waals surface area contributed by atoms with Crippen molar-refractivity contribution < 1.29 is 4.42 Å². The lowest BCUT2D eigenvalue weighted by Gasteiger charge is -1.91. The molecule has 16 nitrogen and oxygen atoms in total. The number of imidazole rings is 1. The summed E-state index contributed by atoms with van der Waals surface area (Å²) in [7, 11) is 1.67. The largest absolute Gasteiger partial charge is 0.443 e. The average Bonchev–Trinajstić information content (AvgIpc) is 4.66. The topological polar surface area (TPSA) is 242 Å². The number of aryl methyl sites for hydroxylation is 1. The molecule has 11 aromatic heterocycles. The van der Waals surface area contributed by atoms with Gasteiger partial charge in [0.2, 0.25) is 0 Å². The van der Waals surface area contributed by atoms with Crippen molar-refractivity contribution in [3.63, 3.8) is 0 Å². The zero-order valence-corrected chi connectivity index (χ0v) is 53.3. The monoisotopic (exact) mass is 1310 g/mol. The molecule has 24 heteroatoms. The Morgan fingerprint density at radius 2 is 1.18 bits per heavy atom. The van der Waals surface area contributed by atoms with E-state index in [0.717, 1.165) is 47.4 Å². The summed E-state index contributed by atoms with van der Waals surface area (Å²) < 4.78 is 16.7. The van der Waals surface area contributed by atoms with Crippen LogP contribution in [0.4, 0.5) is 0 Å². The van der Waals surface area contributed by atoms with Gasteiger partial charge >= 0.3 is 0 Å². The number of halogens is 1. The number of thiazole rings is 2. The van der Waals surface area contributed by atoms with Crippen molar-refractivity contribution in [2.24, 2.45) is 7.05 Å². The molecule has 0 radical (unpaired) electrons. The third-order valence-corrected chi connectivity index (χ3v) is 15.4. The Kier molecular flexibility index (Phi) is 31.7. The third-order valence-electron chi connectivity index (χ3n) is 10.4. The summed E-state index contributed by atoms with van der Waals surface area (Å²) in [5.41, 5.74) is 13.2. The van der Waals surface area contributed by atoms with Gasteiger partial charge in [0.05, 0.1) is 60.8 Å². The first-order valence-corrected chi connectivity index (χ1v) is 32.3. The average molecular weight is 1320 g/mol.